The molecule has 1 aliphatic carbocycles. The second kappa shape index (κ2) is 9.68. The van der Waals surface area contributed by atoms with Crippen LogP contribution in [0.25, 0.3) is 0 Å². The Morgan fingerprint density at radius 2 is 2.12 bits per heavy atom. The number of halogens is 1. The van der Waals surface area contributed by atoms with E-state index in [1.54, 1.807) is 0 Å². The molecule has 0 spiro atoms. The molecule has 1 amide bonds. The molecule has 0 bridgehead atoms. The van der Waals surface area contributed by atoms with Crippen LogP contribution in [0.2, 0.25) is 0 Å². The molecule has 1 rings (SSSR count). The zero-order valence-electron chi connectivity index (χ0n) is 10.8. The van der Waals surface area contributed by atoms with Crippen LogP contribution >= 0.6 is 12.4 Å². The summed E-state index contributed by atoms with van der Waals surface area (Å²) in [5.41, 5.74) is 0. The van der Waals surface area contributed by atoms with Gasteiger partial charge >= 0.3 is 0 Å². The van der Waals surface area contributed by atoms with Gasteiger partial charge in [0.2, 0.25) is 5.91 Å². The number of hydrogen-bond acceptors (Lipinski definition) is 3. The Morgan fingerprint density at radius 3 is 2.71 bits per heavy atom. The molecular formula is C12H25ClN2O2. The molecule has 1 fully saturated rings. The quantitative estimate of drug-likeness (QED) is 0.618. The van der Waals surface area contributed by atoms with Crippen LogP contribution in [0.3, 0.4) is 0 Å². The molecule has 102 valence electrons. The van der Waals surface area contributed by atoms with Crippen LogP contribution in [-0.4, -0.2) is 38.3 Å². The second-order valence-corrected chi connectivity index (χ2v) is 4.70. The Morgan fingerprint density at radius 1 is 1.41 bits per heavy atom. The summed E-state index contributed by atoms with van der Waals surface area (Å²) < 4.78 is 5.38. The van der Waals surface area contributed by atoms with Crippen LogP contribution in [-0.2, 0) is 9.53 Å². The van der Waals surface area contributed by atoms with Gasteiger partial charge in [0.1, 0.15) is 0 Å². The highest BCUT2D eigenvalue weighted by Gasteiger charge is 2.20. The maximum atomic E-state index is 11.3. The van der Waals surface area contributed by atoms with Crippen LogP contribution < -0.4 is 10.6 Å². The first kappa shape index (κ1) is 16.7. The van der Waals surface area contributed by atoms with Gasteiger partial charge in [0.05, 0.1) is 12.6 Å². The highest BCUT2D eigenvalue weighted by Crippen LogP contribution is 2.27. The van der Waals surface area contributed by atoms with Crippen molar-refractivity contribution < 1.29 is 9.53 Å². The molecule has 0 saturated heterocycles. The lowest BCUT2D eigenvalue weighted by molar-refractivity contribution is -0.120. The third-order valence-corrected chi connectivity index (χ3v) is 2.51. The Balaban J connectivity index is 0.00000256. The summed E-state index contributed by atoms with van der Waals surface area (Å²) in [4.78, 5) is 11.3. The third-order valence-electron chi connectivity index (χ3n) is 2.51. The lowest BCUT2D eigenvalue weighted by Crippen LogP contribution is -2.35. The molecular weight excluding hydrogens is 240 g/mol. The van der Waals surface area contributed by atoms with E-state index in [9.17, 15) is 4.79 Å². The van der Waals surface area contributed by atoms with Gasteiger partial charge in [-0.15, -0.1) is 12.4 Å². The number of rotatable bonds is 9. The lowest BCUT2D eigenvalue weighted by Gasteiger charge is -2.08. The zero-order valence-corrected chi connectivity index (χ0v) is 11.6. The molecule has 0 heterocycles. The third kappa shape index (κ3) is 10.5. The van der Waals surface area contributed by atoms with E-state index in [-0.39, 0.29) is 24.4 Å². The largest absolute Gasteiger partial charge is 0.379 e. The number of ether oxygens (including phenoxy) is 1. The first-order valence-corrected chi connectivity index (χ1v) is 6.27. The highest BCUT2D eigenvalue weighted by molar-refractivity contribution is 5.85. The highest BCUT2D eigenvalue weighted by atomic mass is 35.5. The molecule has 1 saturated carbocycles. The number of carbonyl (C=O) groups is 1. The zero-order chi connectivity index (χ0) is 11.8. The summed E-state index contributed by atoms with van der Waals surface area (Å²) >= 11 is 0. The van der Waals surface area contributed by atoms with Gasteiger partial charge in [-0.25, -0.2) is 0 Å². The molecule has 0 aromatic heterocycles. The minimum Gasteiger partial charge on any atom is -0.379 e. The smallest absolute Gasteiger partial charge is 0.233 e. The van der Waals surface area contributed by atoms with E-state index >= 15 is 0 Å². The van der Waals surface area contributed by atoms with Crippen molar-refractivity contribution in [2.75, 3.05) is 26.2 Å². The van der Waals surface area contributed by atoms with Gasteiger partial charge in [0, 0.05) is 13.2 Å². The first-order valence-electron chi connectivity index (χ1n) is 6.27. The Kier molecular flexibility index (Phi) is 9.50. The summed E-state index contributed by atoms with van der Waals surface area (Å²) in [5.74, 6) is 0.914. The Labute approximate surface area is 110 Å². The van der Waals surface area contributed by atoms with E-state index in [4.69, 9.17) is 4.74 Å². The van der Waals surface area contributed by atoms with E-state index in [0.29, 0.717) is 19.7 Å². The van der Waals surface area contributed by atoms with E-state index in [1.165, 1.54) is 12.8 Å². The summed E-state index contributed by atoms with van der Waals surface area (Å²) in [6.07, 6.45) is 3.80. The van der Waals surface area contributed by atoms with Crippen LogP contribution in [0, 0.1) is 5.92 Å². The molecule has 2 N–H and O–H groups in total. The van der Waals surface area contributed by atoms with E-state index in [0.717, 1.165) is 18.9 Å². The molecule has 0 radical (unpaired) electrons. The van der Waals surface area contributed by atoms with E-state index in [2.05, 4.69) is 10.6 Å². The number of amides is 1. The van der Waals surface area contributed by atoms with Crippen molar-refractivity contribution in [2.24, 2.45) is 5.92 Å². The maximum absolute atomic E-state index is 11.3. The van der Waals surface area contributed by atoms with Gasteiger partial charge in [-0.2, -0.15) is 0 Å². The van der Waals surface area contributed by atoms with Gasteiger partial charge in [-0.1, -0.05) is 0 Å². The topological polar surface area (TPSA) is 50.4 Å². The minimum atomic E-state index is 0. The van der Waals surface area contributed by atoms with E-state index in [1.807, 2.05) is 13.8 Å². The van der Waals surface area contributed by atoms with Gasteiger partial charge in [0.25, 0.3) is 0 Å². The number of carbonyl (C=O) groups excluding carboxylic acids is 1. The van der Waals surface area contributed by atoms with Gasteiger partial charge in [0.15, 0.2) is 0 Å². The predicted octanol–water partition coefficient (Wildman–Crippen LogP) is 1.34. The molecule has 1 aliphatic rings. The monoisotopic (exact) mass is 264 g/mol. The van der Waals surface area contributed by atoms with Crippen LogP contribution in [0.1, 0.15) is 33.1 Å². The first-order chi connectivity index (χ1) is 7.68. The van der Waals surface area contributed by atoms with Crippen LogP contribution in [0.5, 0.6) is 0 Å². The molecule has 5 heteroatoms. The molecule has 0 aromatic rings. The average Bonchev–Trinajstić information content (AvgIpc) is 3.00. The summed E-state index contributed by atoms with van der Waals surface area (Å²) in [7, 11) is 0. The van der Waals surface area contributed by atoms with Crippen molar-refractivity contribution in [3.8, 4) is 0 Å². The van der Waals surface area contributed by atoms with Crippen molar-refractivity contribution >= 4 is 18.3 Å². The van der Waals surface area contributed by atoms with Crippen molar-refractivity contribution in [1.82, 2.24) is 10.6 Å². The fraction of sp³-hybridized carbons (Fsp3) is 0.917. The normalized spacial score (nSPS) is 14.5. The predicted molar refractivity (Wildman–Crippen MR) is 71.6 cm³/mol. The van der Waals surface area contributed by atoms with Crippen molar-refractivity contribution in [3.05, 3.63) is 0 Å². The van der Waals surface area contributed by atoms with Crippen molar-refractivity contribution in [2.45, 2.75) is 39.2 Å². The van der Waals surface area contributed by atoms with Crippen LogP contribution in [0.15, 0.2) is 0 Å². The van der Waals surface area contributed by atoms with Crippen molar-refractivity contribution in [1.29, 1.82) is 0 Å². The van der Waals surface area contributed by atoms with E-state index < -0.39 is 0 Å². The minimum absolute atomic E-state index is 0. The summed E-state index contributed by atoms with van der Waals surface area (Å²) in [5, 5.41) is 6.03. The number of hydrogen-bond donors (Lipinski definition) is 2. The summed E-state index contributed by atoms with van der Waals surface area (Å²) in [6.45, 7) is 6.89. The lowest BCUT2D eigenvalue weighted by atomic mass is 10.4. The fourth-order valence-corrected chi connectivity index (χ4v) is 1.39. The Hall–Kier alpha value is -0.320. The summed E-state index contributed by atoms with van der Waals surface area (Å²) in [6, 6.07) is 0. The van der Waals surface area contributed by atoms with Gasteiger partial charge in [-0.3, -0.25) is 4.79 Å². The average molecular weight is 265 g/mol. The fourth-order valence-electron chi connectivity index (χ4n) is 1.39. The van der Waals surface area contributed by atoms with Crippen LogP contribution in [0.4, 0.5) is 0 Å². The second-order valence-electron chi connectivity index (χ2n) is 4.70. The molecule has 17 heavy (non-hydrogen) atoms. The van der Waals surface area contributed by atoms with Gasteiger partial charge < -0.3 is 15.4 Å². The SMILES string of the molecule is CC(C)OCCCNC(=O)CNCC1CC1.Cl. The maximum Gasteiger partial charge on any atom is 0.233 e. The molecule has 4 nitrogen and oxygen atoms in total. The molecule has 0 atom stereocenters. The molecule has 0 unspecified atom stereocenters. The Bertz CT molecular complexity index is 209. The van der Waals surface area contributed by atoms with Crippen molar-refractivity contribution in [3.63, 3.8) is 0 Å². The molecule has 0 aromatic carbocycles. The molecule has 0 aliphatic heterocycles. The number of nitrogens with one attached hydrogen (secondary N) is 2. The van der Waals surface area contributed by atoms with Gasteiger partial charge in [-0.05, 0) is 45.6 Å². The standard InChI is InChI=1S/C12H24N2O2.ClH/c1-10(2)16-7-3-6-14-12(15)9-13-8-11-4-5-11;/h10-11,13H,3-9H2,1-2H3,(H,14,15);1H.